The van der Waals surface area contributed by atoms with E-state index in [-0.39, 0.29) is 0 Å². The summed E-state index contributed by atoms with van der Waals surface area (Å²) in [6, 6.07) is 71.0. The summed E-state index contributed by atoms with van der Waals surface area (Å²) in [5, 5.41) is 1.98. The van der Waals surface area contributed by atoms with E-state index in [1.54, 1.807) is 0 Å². The van der Waals surface area contributed by atoms with Crippen LogP contribution in [0.5, 0.6) is 0 Å². The maximum Gasteiger partial charge on any atom is 0.164 e. The average molecular weight is 719 g/mol. The van der Waals surface area contributed by atoms with Crippen molar-refractivity contribution in [1.82, 2.24) is 15.0 Å². The zero-order chi connectivity index (χ0) is 37.3. The summed E-state index contributed by atoms with van der Waals surface area (Å²) < 4.78 is 6.57. The van der Waals surface area contributed by atoms with E-state index in [0.717, 1.165) is 77.9 Å². The number of rotatable bonds is 8. The molecule has 0 spiro atoms. The summed E-state index contributed by atoms with van der Waals surface area (Å²) in [5.41, 5.74) is 12.0. The van der Waals surface area contributed by atoms with Gasteiger partial charge in [-0.25, -0.2) is 15.0 Å². The van der Waals surface area contributed by atoms with Crippen LogP contribution in [0.15, 0.2) is 211 Å². The minimum atomic E-state index is 0.591. The zero-order valence-electron chi connectivity index (χ0n) is 30.3. The molecule has 0 aliphatic carbocycles. The Labute approximate surface area is 324 Å². The molecule has 264 valence electrons. The Morgan fingerprint density at radius 2 is 0.804 bits per heavy atom. The maximum absolute atomic E-state index is 6.57. The highest BCUT2D eigenvalue weighted by molar-refractivity contribution is 6.12. The fourth-order valence-corrected chi connectivity index (χ4v) is 7.41. The van der Waals surface area contributed by atoms with E-state index in [1.165, 1.54) is 0 Å². The number of anilines is 3. The minimum Gasteiger partial charge on any atom is -0.456 e. The summed E-state index contributed by atoms with van der Waals surface area (Å²) in [6.07, 6.45) is 0. The van der Waals surface area contributed by atoms with Gasteiger partial charge in [0, 0.05) is 44.5 Å². The molecule has 0 saturated carbocycles. The topological polar surface area (TPSA) is 55.1 Å². The zero-order valence-corrected chi connectivity index (χ0v) is 30.3. The van der Waals surface area contributed by atoms with Crippen molar-refractivity contribution >= 4 is 39.0 Å². The molecule has 0 radical (unpaired) electrons. The molecule has 0 atom stereocenters. The first-order valence-electron chi connectivity index (χ1n) is 18.7. The van der Waals surface area contributed by atoms with Gasteiger partial charge in [-0.2, -0.15) is 0 Å². The molecule has 5 nitrogen and oxygen atoms in total. The fraction of sp³-hybridized carbons (Fsp3) is 0. The standard InChI is InChI=1S/C51H34N4O/c1-5-15-35(16-6-1)38-19-13-20-40(33-38)50-52-49(37-17-7-2-8-18-37)53-51(54-50)45-25-14-26-46-48(45)44-32-29-39(34-47(44)56-46)36-27-30-43(31-28-36)55(41-21-9-3-10-22-41)42-23-11-4-12-24-42/h1-34H. The van der Waals surface area contributed by atoms with Crippen LogP contribution < -0.4 is 4.90 Å². The quantitative estimate of drug-likeness (QED) is 0.157. The maximum atomic E-state index is 6.57. The number of hydrogen-bond acceptors (Lipinski definition) is 5. The number of aromatic nitrogens is 3. The van der Waals surface area contributed by atoms with E-state index in [1.807, 2.05) is 60.7 Å². The predicted molar refractivity (Wildman–Crippen MR) is 229 cm³/mol. The van der Waals surface area contributed by atoms with Crippen LogP contribution in [0, 0.1) is 0 Å². The van der Waals surface area contributed by atoms with Crippen LogP contribution in [-0.2, 0) is 0 Å². The molecule has 2 aromatic heterocycles. The van der Waals surface area contributed by atoms with Crippen LogP contribution >= 0.6 is 0 Å². The molecule has 0 amide bonds. The lowest BCUT2D eigenvalue weighted by Gasteiger charge is -2.25. The molecule has 10 rings (SSSR count). The van der Waals surface area contributed by atoms with Crippen molar-refractivity contribution in [2.45, 2.75) is 0 Å². The second-order valence-electron chi connectivity index (χ2n) is 13.7. The minimum absolute atomic E-state index is 0.591. The number of para-hydroxylation sites is 2. The van der Waals surface area contributed by atoms with Gasteiger partial charge in [-0.15, -0.1) is 0 Å². The van der Waals surface area contributed by atoms with Gasteiger partial charge in [-0.05, 0) is 82.9 Å². The highest BCUT2D eigenvalue weighted by atomic mass is 16.3. The Bertz CT molecular complexity index is 2910. The normalized spacial score (nSPS) is 11.2. The predicted octanol–water partition coefficient (Wildman–Crippen LogP) is 13.6. The second-order valence-corrected chi connectivity index (χ2v) is 13.7. The molecule has 0 fully saturated rings. The molecule has 8 aromatic carbocycles. The molecular formula is C51H34N4O. The number of nitrogens with zero attached hydrogens (tertiary/aromatic N) is 4. The van der Waals surface area contributed by atoms with Gasteiger partial charge in [-0.1, -0.05) is 146 Å². The van der Waals surface area contributed by atoms with Crippen molar-refractivity contribution in [3.63, 3.8) is 0 Å². The third kappa shape index (κ3) is 6.27. The molecule has 0 aliphatic rings. The number of benzene rings is 8. The van der Waals surface area contributed by atoms with Gasteiger partial charge >= 0.3 is 0 Å². The van der Waals surface area contributed by atoms with Crippen LogP contribution in [-0.4, -0.2) is 15.0 Å². The molecule has 5 heteroatoms. The SMILES string of the molecule is c1ccc(-c2cccc(-c3nc(-c4ccccc4)nc(-c4cccc5oc6cc(-c7ccc(N(c8ccccc8)c8ccccc8)cc7)ccc6c45)n3)c2)cc1. The summed E-state index contributed by atoms with van der Waals surface area (Å²) in [4.78, 5) is 17.5. The molecule has 56 heavy (non-hydrogen) atoms. The molecular weight excluding hydrogens is 685 g/mol. The Balaban J connectivity index is 1.05. The van der Waals surface area contributed by atoms with Crippen molar-refractivity contribution in [3.8, 4) is 56.4 Å². The molecule has 0 unspecified atom stereocenters. The summed E-state index contributed by atoms with van der Waals surface area (Å²) in [6.45, 7) is 0. The Hall–Kier alpha value is -7.63. The van der Waals surface area contributed by atoms with Crippen LogP contribution in [0.3, 0.4) is 0 Å². The van der Waals surface area contributed by atoms with Crippen molar-refractivity contribution < 1.29 is 4.42 Å². The first-order valence-corrected chi connectivity index (χ1v) is 18.7. The third-order valence-electron chi connectivity index (χ3n) is 10.1. The summed E-state index contributed by atoms with van der Waals surface area (Å²) in [5.74, 6) is 1.82. The monoisotopic (exact) mass is 718 g/mol. The van der Waals surface area contributed by atoms with E-state index in [9.17, 15) is 0 Å². The summed E-state index contributed by atoms with van der Waals surface area (Å²) in [7, 11) is 0. The lowest BCUT2D eigenvalue weighted by atomic mass is 10.0. The van der Waals surface area contributed by atoms with E-state index in [0.29, 0.717) is 17.5 Å². The highest BCUT2D eigenvalue weighted by Crippen LogP contribution is 2.40. The van der Waals surface area contributed by atoms with Gasteiger partial charge in [0.1, 0.15) is 11.2 Å². The molecule has 2 heterocycles. The Kier molecular flexibility index (Phi) is 8.43. The largest absolute Gasteiger partial charge is 0.456 e. The third-order valence-corrected chi connectivity index (χ3v) is 10.1. The summed E-state index contributed by atoms with van der Waals surface area (Å²) >= 11 is 0. The number of hydrogen-bond donors (Lipinski definition) is 0. The van der Waals surface area contributed by atoms with Gasteiger partial charge in [0.25, 0.3) is 0 Å². The van der Waals surface area contributed by atoms with E-state index in [2.05, 4.69) is 150 Å². The van der Waals surface area contributed by atoms with E-state index >= 15 is 0 Å². The van der Waals surface area contributed by atoms with Crippen molar-refractivity contribution in [1.29, 1.82) is 0 Å². The van der Waals surface area contributed by atoms with Crippen LogP contribution in [0.1, 0.15) is 0 Å². The first-order chi connectivity index (χ1) is 27.7. The lowest BCUT2D eigenvalue weighted by Crippen LogP contribution is -2.09. The second kappa shape index (κ2) is 14.3. The van der Waals surface area contributed by atoms with Gasteiger partial charge in [-0.3, -0.25) is 0 Å². The Morgan fingerprint density at radius 1 is 0.321 bits per heavy atom. The van der Waals surface area contributed by atoms with Gasteiger partial charge < -0.3 is 9.32 Å². The first kappa shape index (κ1) is 33.0. The Morgan fingerprint density at radius 3 is 1.48 bits per heavy atom. The molecule has 0 bridgehead atoms. The number of fused-ring (bicyclic) bond motifs is 3. The molecule has 0 saturated heterocycles. The van der Waals surface area contributed by atoms with Gasteiger partial charge in [0.15, 0.2) is 17.5 Å². The van der Waals surface area contributed by atoms with Crippen molar-refractivity contribution in [2.24, 2.45) is 0 Å². The van der Waals surface area contributed by atoms with Gasteiger partial charge in [0.2, 0.25) is 0 Å². The van der Waals surface area contributed by atoms with Crippen molar-refractivity contribution in [3.05, 3.63) is 206 Å². The fourth-order valence-electron chi connectivity index (χ4n) is 7.41. The molecule has 0 aliphatic heterocycles. The highest BCUT2D eigenvalue weighted by Gasteiger charge is 2.19. The molecule has 10 aromatic rings. The van der Waals surface area contributed by atoms with Crippen LogP contribution in [0.2, 0.25) is 0 Å². The molecule has 0 N–H and O–H groups in total. The lowest BCUT2D eigenvalue weighted by molar-refractivity contribution is 0.669. The van der Waals surface area contributed by atoms with Crippen LogP contribution in [0.25, 0.3) is 78.4 Å². The van der Waals surface area contributed by atoms with Crippen molar-refractivity contribution in [2.75, 3.05) is 4.90 Å². The van der Waals surface area contributed by atoms with Gasteiger partial charge in [0.05, 0.1) is 0 Å². The van der Waals surface area contributed by atoms with E-state index < -0.39 is 0 Å². The smallest absolute Gasteiger partial charge is 0.164 e. The van der Waals surface area contributed by atoms with E-state index in [4.69, 9.17) is 19.4 Å². The number of furan rings is 1. The average Bonchev–Trinajstić information content (AvgIpc) is 3.66. The van der Waals surface area contributed by atoms with Crippen LogP contribution in [0.4, 0.5) is 17.1 Å².